The Bertz CT molecular complexity index is 961. The number of pyridine rings is 1. The maximum absolute atomic E-state index is 13.0. The standard InChI is InChI=1S/C24H27N3O3/c1-16(2)22(28)20-21(17-7-6-12-25-15-17)27(24(30)23(20)29)19-10-8-18(9-11-19)26-13-4-3-5-14-26/h6-12,15-16,21,29H,3-5,13-14H2,1-2H3. The van der Waals surface area contributed by atoms with Gasteiger partial charge in [-0.1, -0.05) is 19.9 Å². The molecule has 1 N–H and O–H groups in total. The van der Waals surface area contributed by atoms with E-state index in [1.54, 1.807) is 32.3 Å². The molecule has 1 aromatic carbocycles. The number of hydrogen-bond donors (Lipinski definition) is 1. The van der Waals surface area contributed by atoms with Crippen LogP contribution in [0.15, 0.2) is 60.1 Å². The zero-order valence-electron chi connectivity index (χ0n) is 17.4. The topological polar surface area (TPSA) is 73.7 Å². The Morgan fingerprint density at radius 1 is 1.07 bits per heavy atom. The smallest absolute Gasteiger partial charge is 0.294 e. The first kappa shape index (κ1) is 20.1. The van der Waals surface area contributed by atoms with E-state index in [2.05, 4.69) is 9.88 Å². The molecule has 1 aromatic heterocycles. The summed E-state index contributed by atoms with van der Waals surface area (Å²) in [7, 11) is 0. The van der Waals surface area contributed by atoms with Crippen LogP contribution >= 0.6 is 0 Å². The van der Waals surface area contributed by atoms with Gasteiger partial charge in [-0.05, 0) is 55.2 Å². The largest absolute Gasteiger partial charge is 0.503 e. The Balaban J connectivity index is 1.72. The van der Waals surface area contributed by atoms with Gasteiger partial charge < -0.3 is 10.0 Å². The Morgan fingerprint density at radius 2 is 1.73 bits per heavy atom. The van der Waals surface area contributed by atoms with E-state index < -0.39 is 17.7 Å². The first-order valence-corrected chi connectivity index (χ1v) is 10.5. The van der Waals surface area contributed by atoms with E-state index in [-0.39, 0.29) is 17.3 Å². The highest BCUT2D eigenvalue weighted by molar-refractivity contribution is 6.16. The molecule has 2 aromatic rings. The van der Waals surface area contributed by atoms with Crippen LogP contribution in [0.5, 0.6) is 0 Å². The first-order valence-electron chi connectivity index (χ1n) is 10.5. The van der Waals surface area contributed by atoms with Crippen molar-refractivity contribution in [1.82, 2.24) is 4.98 Å². The van der Waals surface area contributed by atoms with E-state index in [9.17, 15) is 14.7 Å². The zero-order valence-corrected chi connectivity index (χ0v) is 17.4. The second-order valence-electron chi connectivity index (χ2n) is 8.21. The molecule has 1 amide bonds. The van der Waals surface area contributed by atoms with E-state index in [1.165, 1.54) is 24.2 Å². The molecule has 6 nitrogen and oxygen atoms in total. The third-order valence-electron chi connectivity index (χ3n) is 5.85. The Labute approximate surface area is 176 Å². The first-order chi connectivity index (χ1) is 14.5. The van der Waals surface area contributed by atoms with Crippen LogP contribution < -0.4 is 9.80 Å². The second-order valence-corrected chi connectivity index (χ2v) is 8.21. The molecule has 30 heavy (non-hydrogen) atoms. The third kappa shape index (κ3) is 3.58. The van der Waals surface area contributed by atoms with Gasteiger partial charge in [0.2, 0.25) is 0 Å². The quantitative estimate of drug-likeness (QED) is 0.807. The minimum atomic E-state index is -0.693. The van der Waals surface area contributed by atoms with Gasteiger partial charge in [0.05, 0.1) is 11.6 Å². The van der Waals surface area contributed by atoms with Crippen LogP contribution in [0.1, 0.15) is 44.7 Å². The maximum Gasteiger partial charge on any atom is 0.294 e. The molecule has 1 atom stereocenters. The van der Waals surface area contributed by atoms with Gasteiger partial charge in [0.1, 0.15) is 0 Å². The SMILES string of the molecule is CC(C)C(=O)C1=C(O)C(=O)N(c2ccc(N3CCCCC3)cc2)C1c1cccnc1. The van der Waals surface area contributed by atoms with Crippen LogP contribution in [0.3, 0.4) is 0 Å². The highest BCUT2D eigenvalue weighted by atomic mass is 16.3. The second kappa shape index (κ2) is 8.30. The van der Waals surface area contributed by atoms with Crippen molar-refractivity contribution in [3.63, 3.8) is 0 Å². The summed E-state index contributed by atoms with van der Waals surface area (Å²) in [5.41, 5.74) is 2.61. The molecule has 0 saturated carbocycles. The number of benzene rings is 1. The Morgan fingerprint density at radius 3 is 2.33 bits per heavy atom. The number of Topliss-reactive ketones (excluding diaryl/α,β-unsaturated/α-hetero) is 1. The molecule has 1 fully saturated rings. The third-order valence-corrected chi connectivity index (χ3v) is 5.85. The molecule has 4 rings (SSSR count). The van der Waals surface area contributed by atoms with E-state index >= 15 is 0 Å². The summed E-state index contributed by atoms with van der Waals surface area (Å²) in [6, 6.07) is 10.7. The number of aliphatic hydroxyl groups is 1. The van der Waals surface area contributed by atoms with Gasteiger partial charge >= 0.3 is 0 Å². The van der Waals surface area contributed by atoms with E-state index in [1.807, 2.05) is 30.3 Å². The predicted molar refractivity (Wildman–Crippen MR) is 116 cm³/mol. The Kier molecular flexibility index (Phi) is 5.57. The lowest BCUT2D eigenvalue weighted by Gasteiger charge is -2.30. The molecule has 0 spiro atoms. The summed E-state index contributed by atoms with van der Waals surface area (Å²) < 4.78 is 0. The zero-order chi connectivity index (χ0) is 21.3. The van der Waals surface area contributed by atoms with Gasteiger partial charge in [0.25, 0.3) is 5.91 Å². The molecular weight excluding hydrogens is 378 g/mol. The minimum absolute atomic E-state index is 0.142. The summed E-state index contributed by atoms with van der Waals surface area (Å²) in [5, 5.41) is 10.6. The van der Waals surface area contributed by atoms with Crippen LogP contribution in [0.2, 0.25) is 0 Å². The number of aliphatic hydroxyl groups excluding tert-OH is 1. The molecule has 3 heterocycles. The number of aromatic nitrogens is 1. The van der Waals surface area contributed by atoms with Crippen molar-refractivity contribution < 1.29 is 14.7 Å². The Hall–Kier alpha value is -3.15. The monoisotopic (exact) mass is 405 g/mol. The van der Waals surface area contributed by atoms with E-state index in [0.29, 0.717) is 11.3 Å². The summed E-state index contributed by atoms with van der Waals surface area (Å²) in [4.78, 5) is 34.0. The van der Waals surface area contributed by atoms with Gasteiger partial charge in [0.15, 0.2) is 11.5 Å². The number of nitrogens with zero attached hydrogens (tertiary/aromatic N) is 3. The summed E-state index contributed by atoms with van der Waals surface area (Å²) in [6.45, 7) is 5.61. The van der Waals surface area contributed by atoms with Gasteiger partial charge in [-0.3, -0.25) is 19.5 Å². The summed E-state index contributed by atoms with van der Waals surface area (Å²) >= 11 is 0. The summed E-state index contributed by atoms with van der Waals surface area (Å²) in [6.07, 6.45) is 6.92. The van der Waals surface area contributed by atoms with Crippen LogP contribution in [-0.2, 0) is 9.59 Å². The van der Waals surface area contributed by atoms with Crippen LogP contribution in [0, 0.1) is 5.92 Å². The maximum atomic E-state index is 13.0. The number of anilines is 2. The number of carbonyl (C=O) groups is 2. The van der Waals surface area contributed by atoms with Crippen LogP contribution in [0.25, 0.3) is 0 Å². The van der Waals surface area contributed by atoms with Gasteiger partial charge in [-0.15, -0.1) is 0 Å². The predicted octanol–water partition coefficient (Wildman–Crippen LogP) is 4.20. The molecule has 0 radical (unpaired) electrons. The van der Waals surface area contributed by atoms with Crippen LogP contribution in [-0.4, -0.2) is 34.9 Å². The molecule has 0 aliphatic carbocycles. The van der Waals surface area contributed by atoms with Crippen molar-refractivity contribution in [2.24, 2.45) is 5.92 Å². The molecule has 6 heteroatoms. The molecule has 1 unspecified atom stereocenters. The molecule has 0 bridgehead atoms. The lowest BCUT2D eigenvalue weighted by Crippen LogP contribution is -2.32. The number of amides is 1. The lowest BCUT2D eigenvalue weighted by atomic mass is 9.92. The van der Waals surface area contributed by atoms with E-state index in [0.717, 1.165) is 18.8 Å². The molecule has 2 aliphatic rings. The number of ketones is 1. The lowest BCUT2D eigenvalue weighted by molar-refractivity contribution is -0.119. The molecule has 1 saturated heterocycles. The number of rotatable bonds is 5. The molecule has 156 valence electrons. The van der Waals surface area contributed by atoms with Crippen molar-refractivity contribution in [3.05, 3.63) is 65.7 Å². The van der Waals surface area contributed by atoms with Gasteiger partial charge in [0, 0.05) is 42.8 Å². The summed E-state index contributed by atoms with van der Waals surface area (Å²) in [5.74, 6) is -1.60. The van der Waals surface area contributed by atoms with E-state index in [4.69, 9.17) is 0 Å². The van der Waals surface area contributed by atoms with Gasteiger partial charge in [-0.2, -0.15) is 0 Å². The normalized spacial score (nSPS) is 19.7. The average Bonchev–Trinajstić information content (AvgIpc) is 3.05. The van der Waals surface area contributed by atoms with Crippen molar-refractivity contribution in [3.8, 4) is 0 Å². The molecular formula is C24H27N3O3. The molecule has 2 aliphatic heterocycles. The van der Waals surface area contributed by atoms with Crippen LogP contribution in [0.4, 0.5) is 11.4 Å². The highest BCUT2D eigenvalue weighted by Crippen LogP contribution is 2.42. The fourth-order valence-electron chi connectivity index (χ4n) is 4.26. The van der Waals surface area contributed by atoms with Gasteiger partial charge in [-0.25, -0.2) is 0 Å². The number of piperidine rings is 1. The van der Waals surface area contributed by atoms with Crippen molar-refractivity contribution in [1.29, 1.82) is 0 Å². The fourth-order valence-corrected chi connectivity index (χ4v) is 4.26. The fraction of sp³-hybridized carbons (Fsp3) is 0.375. The van der Waals surface area contributed by atoms with Crippen molar-refractivity contribution >= 4 is 23.1 Å². The number of carbonyl (C=O) groups excluding carboxylic acids is 2. The minimum Gasteiger partial charge on any atom is -0.503 e. The van der Waals surface area contributed by atoms with Crippen molar-refractivity contribution in [2.75, 3.05) is 22.9 Å². The average molecular weight is 405 g/mol. The highest BCUT2D eigenvalue weighted by Gasteiger charge is 2.44. The van der Waals surface area contributed by atoms with Crippen molar-refractivity contribution in [2.45, 2.75) is 39.2 Å². The number of hydrogen-bond acceptors (Lipinski definition) is 5.